The summed E-state index contributed by atoms with van der Waals surface area (Å²) < 4.78 is 3.71. The number of pyridine rings is 1. The van der Waals surface area contributed by atoms with E-state index in [-0.39, 0.29) is 30.3 Å². The van der Waals surface area contributed by atoms with Crippen molar-refractivity contribution in [3.05, 3.63) is 83.8 Å². The van der Waals surface area contributed by atoms with Crippen LogP contribution in [-0.4, -0.2) is 77.3 Å². The Hall–Kier alpha value is -5.03. The van der Waals surface area contributed by atoms with Crippen molar-refractivity contribution >= 4 is 44.7 Å². The number of H-pyrrole nitrogens is 1. The van der Waals surface area contributed by atoms with Gasteiger partial charge in [0.15, 0.2) is 5.65 Å². The Bertz CT molecular complexity index is 2060. The number of hydrogen-bond donors (Lipinski definition) is 2. The highest BCUT2D eigenvalue weighted by Crippen LogP contribution is 2.39. The number of hydrogen-bond acceptors (Lipinski definition) is 7. The molecule has 11 nitrogen and oxygen atoms in total. The molecule has 0 saturated carbocycles. The van der Waals surface area contributed by atoms with E-state index in [9.17, 15) is 14.7 Å². The van der Waals surface area contributed by atoms with Crippen molar-refractivity contribution in [3.63, 3.8) is 0 Å². The lowest BCUT2D eigenvalue weighted by Gasteiger charge is -2.37. The summed E-state index contributed by atoms with van der Waals surface area (Å²) in [5, 5.41) is 13.1. The Balaban J connectivity index is 1.11. The number of nitrogens with one attached hydrogen (secondary N) is 1. The number of aromatic amines is 1. The largest absolute Gasteiger partial charge is 0.389 e. The summed E-state index contributed by atoms with van der Waals surface area (Å²) in [6.07, 6.45) is 6.21. The molecule has 0 unspecified atom stereocenters. The van der Waals surface area contributed by atoms with Crippen LogP contribution in [0.4, 0.5) is 5.82 Å². The first kappa shape index (κ1) is 25.7. The molecule has 2 aromatic carbocycles. The second-order valence-electron chi connectivity index (χ2n) is 11.4. The molecule has 0 spiro atoms. The fourth-order valence-corrected chi connectivity index (χ4v) is 6.70. The van der Waals surface area contributed by atoms with Gasteiger partial charge in [-0.1, -0.05) is 42.5 Å². The molecule has 216 valence electrons. The van der Waals surface area contributed by atoms with E-state index in [0.29, 0.717) is 50.3 Å². The maximum absolute atomic E-state index is 13.7. The van der Waals surface area contributed by atoms with Crippen molar-refractivity contribution in [1.29, 1.82) is 0 Å². The van der Waals surface area contributed by atoms with Crippen molar-refractivity contribution in [1.82, 2.24) is 34.0 Å². The van der Waals surface area contributed by atoms with Crippen LogP contribution in [0.5, 0.6) is 0 Å². The minimum atomic E-state index is -0.381. The van der Waals surface area contributed by atoms with Crippen LogP contribution in [-0.2, 0) is 11.3 Å². The third-order valence-electron chi connectivity index (χ3n) is 8.85. The van der Waals surface area contributed by atoms with E-state index in [0.717, 1.165) is 38.6 Å². The van der Waals surface area contributed by atoms with Gasteiger partial charge in [-0.2, -0.15) is 0 Å². The molecule has 2 aliphatic rings. The van der Waals surface area contributed by atoms with Crippen molar-refractivity contribution in [2.75, 3.05) is 31.1 Å². The maximum Gasteiger partial charge on any atom is 0.327 e. The number of carbonyl (C=O) groups excluding carboxylic acids is 1. The van der Waals surface area contributed by atoms with E-state index in [1.807, 2.05) is 46.0 Å². The van der Waals surface area contributed by atoms with Crippen molar-refractivity contribution < 1.29 is 9.90 Å². The number of nitrogens with zero attached hydrogens (tertiary/aromatic N) is 7. The number of aliphatic hydroxyl groups is 1. The zero-order valence-corrected chi connectivity index (χ0v) is 23.4. The minimum Gasteiger partial charge on any atom is -0.389 e. The van der Waals surface area contributed by atoms with Crippen molar-refractivity contribution in [3.8, 4) is 11.1 Å². The highest BCUT2D eigenvalue weighted by Gasteiger charge is 2.31. The Morgan fingerprint density at radius 2 is 1.77 bits per heavy atom. The third-order valence-corrected chi connectivity index (χ3v) is 8.85. The van der Waals surface area contributed by atoms with E-state index in [1.165, 1.54) is 6.33 Å². The monoisotopic (exact) mass is 574 g/mol. The summed E-state index contributed by atoms with van der Waals surface area (Å²) in [5.41, 5.74) is 3.91. The van der Waals surface area contributed by atoms with Crippen LogP contribution in [0.1, 0.15) is 18.9 Å². The van der Waals surface area contributed by atoms with Gasteiger partial charge >= 0.3 is 5.69 Å². The van der Waals surface area contributed by atoms with Gasteiger partial charge in [0.25, 0.3) is 0 Å². The smallest absolute Gasteiger partial charge is 0.327 e. The zero-order valence-electron chi connectivity index (χ0n) is 23.4. The predicted molar refractivity (Wildman–Crippen MR) is 164 cm³/mol. The topological polar surface area (TPSA) is 125 Å². The van der Waals surface area contributed by atoms with Crippen LogP contribution < -0.4 is 10.6 Å². The van der Waals surface area contributed by atoms with E-state index in [4.69, 9.17) is 0 Å². The molecule has 0 bridgehead atoms. The fraction of sp³-hybridized carbons (Fsp3) is 0.281. The Kier molecular flexibility index (Phi) is 6.00. The first-order chi connectivity index (χ1) is 21.0. The molecule has 0 aliphatic carbocycles. The third kappa shape index (κ3) is 4.26. The summed E-state index contributed by atoms with van der Waals surface area (Å²) in [6, 6.07) is 18.2. The number of anilines is 1. The van der Waals surface area contributed by atoms with Gasteiger partial charge in [0, 0.05) is 50.2 Å². The van der Waals surface area contributed by atoms with E-state index >= 15 is 0 Å². The first-order valence-electron chi connectivity index (χ1n) is 14.6. The second-order valence-corrected chi connectivity index (χ2v) is 11.4. The van der Waals surface area contributed by atoms with Crippen LogP contribution in [0.25, 0.3) is 44.1 Å². The average Bonchev–Trinajstić information content (AvgIpc) is 3.56. The molecular formula is C32H30N8O3. The second kappa shape index (κ2) is 10.1. The number of benzene rings is 2. The van der Waals surface area contributed by atoms with Gasteiger partial charge in [-0.05, 0) is 41.3 Å². The van der Waals surface area contributed by atoms with E-state index < -0.39 is 0 Å². The summed E-state index contributed by atoms with van der Waals surface area (Å²) in [4.78, 5) is 46.7. The van der Waals surface area contributed by atoms with Gasteiger partial charge < -0.3 is 19.5 Å². The molecular weight excluding hydrogens is 544 g/mol. The standard InChI is InChI=1S/C32H30N8O3/c41-22-15-38(16-22)30-28-25(24-8-3-6-20-5-1-2-7-23(20)24)17-39(31(28)35-19-34-30)18-27(42)37-13-10-21(11-14-37)40-26-9-4-12-33-29(26)36-32(40)43/h1-9,12,17,19,21-22,41H,10-11,13-16,18H2,(H,33,36,43). The molecule has 6 heterocycles. The number of likely N-dealkylation sites (tertiary alicyclic amines) is 1. The van der Waals surface area contributed by atoms with Crippen molar-refractivity contribution in [2.45, 2.75) is 31.5 Å². The van der Waals surface area contributed by atoms with E-state index in [1.54, 1.807) is 10.8 Å². The Morgan fingerprint density at radius 1 is 0.953 bits per heavy atom. The average molecular weight is 575 g/mol. The van der Waals surface area contributed by atoms with Crippen LogP contribution >= 0.6 is 0 Å². The Morgan fingerprint density at radius 3 is 2.60 bits per heavy atom. The highest BCUT2D eigenvalue weighted by atomic mass is 16.3. The molecule has 11 heteroatoms. The number of amides is 1. The Labute approximate surface area is 246 Å². The van der Waals surface area contributed by atoms with Crippen LogP contribution in [0.2, 0.25) is 0 Å². The SMILES string of the molecule is O=C(Cn1cc(-c2cccc3ccccc23)c2c(N3CC(O)C3)ncnc21)N1CCC(n2c(=O)[nH]c3ncccc32)CC1. The molecule has 4 aromatic heterocycles. The first-order valence-corrected chi connectivity index (χ1v) is 14.6. The number of imidazole rings is 1. The normalized spacial score (nSPS) is 16.4. The number of aliphatic hydroxyl groups excluding tert-OH is 1. The van der Waals surface area contributed by atoms with Crippen LogP contribution in [0, 0.1) is 0 Å². The van der Waals surface area contributed by atoms with E-state index in [2.05, 4.69) is 49.1 Å². The number of piperidine rings is 1. The molecule has 2 N–H and O–H groups in total. The van der Waals surface area contributed by atoms with Gasteiger partial charge in [0.2, 0.25) is 5.91 Å². The number of aromatic nitrogens is 6. The molecule has 1 amide bonds. The summed E-state index contributed by atoms with van der Waals surface area (Å²) in [7, 11) is 0. The molecule has 2 fully saturated rings. The molecule has 8 rings (SSSR count). The lowest BCUT2D eigenvalue weighted by atomic mass is 9.98. The fourth-order valence-electron chi connectivity index (χ4n) is 6.70. The molecule has 43 heavy (non-hydrogen) atoms. The quantitative estimate of drug-likeness (QED) is 0.324. The van der Waals surface area contributed by atoms with Gasteiger partial charge in [-0.3, -0.25) is 14.3 Å². The molecule has 2 saturated heterocycles. The molecule has 2 aliphatic heterocycles. The lowest BCUT2D eigenvalue weighted by Crippen LogP contribution is -2.51. The van der Waals surface area contributed by atoms with Gasteiger partial charge in [0.05, 0.1) is 17.0 Å². The highest BCUT2D eigenvalue weighted by molar-refractivity contribution is 6.08. The summed E-state index contributed by atoms with van der Waals surface area (Å²) in [6.45, 7) is 2.28. The molecule has 0 atom stereocenters. The van der Waals surface area contributed by atoms with Crippen molar-refractivity contribution in [2.24, 2.45) is 0 Å². The minimum absolute atomic E-state index is 0.00190. The lowest BCUT2D eigenvalue weighted by molar-refractivity contribution is -0.133. The maximum atomic E-state index is 13.7. The van der Waals surface area contributed by atoms with Gasteiger partial charge in [-0.15, -0.1) is 0 Å². The number of fused-ring (bicyclic) bond motifs is 3. The zero-order chi connectivity index (χ0) is 29.1. The number of rotatable bonds is 5. The van der Waals surface area contributed by atoms with Crippen LogP contribution in [0.15, 0.2) is 78.1 Å². The predicted octanol–water partition coefficient (Wildman–Crippen LogP) is 3.33. The summed E-state index contributed by atoms with van der Waals surface area (Å²) >= 11 is 0. The molecule has 0 radical (unpaired) electrons. The summed E-state index contributed by atoms with van der Waals surface area (Å²) in [5.74, 6) is 0.774. The van der Waals surface area contributed by atoms with Gasteiger partial charge in [0.1, 0.15) is 24.3 Å². The number of carbonyl (C=O) groups is 1. The van der Waals surface area contributed by atoms with Crippen LogP contribution in [0.3, 0.4) is 0 Å². The molecule has 6 aromatic rings. The number of β-amino-alcohol motifs (C(OH)–C–C–N with tert-alkyl or cyclic N) is 1. The van der Waals surface area contributed by atoms with Gasteiger partial charge in [-0.25, -0.2) is 19.7 Å².